The second kappa shape index (κ2) is 6.82. The van der Waals surface area contributed by atoms with E-state index in [1.165, 1.54) is 11.3 Å². The number of methoxy groups -OCH3 is 1. The predicted molar refractivity (Wildman–Crippen MR) is 90.7 cm³/mol. The highest BCUT2D eigenvalue weighted by molar-refractivity contribution is 7.19. The van der Waals surface area contributed by atoms with Gasteiger partial charge in [-0.2, -0.15) is 0 Å². The molecule has 0 radical (unpaired) electrons. The molecule has 0 saturated carbocycles. The molecule has 22 heavy (non-hydrogen) atoms. The number of hydrogen-bond donors (Lipinski definition) is 0. The molecule has 2 heterocycles. The number of piperidine rings is 1. The summed E-state index contributed by atoms with van der Waals surface area (Å²) in [4.78, 5) is 15.6. The first-order chi connectivity index (χ1) is 10.7. The number of hydrogen-bond acceptors (Lipinski definition) is 3. The lowest BCUT2D eigenvalue weighted by molar-refractivity contribution is 0.0269. The Labute approximate surface area is 139 Å². The van der Waals surface area contributed by atoms with E-state index in [1.807, 2.05) is 41.3 Å². The molecule has 1 atom stereocenters. The molecule has 0 bridgehead atoms. The Morgan fingerprint density at radius 3 is 2.86 bits per heavy atom. The Bertz CT molecular complexity index is 656. The molecule has 1 fully saturated rings. The van der Waals surface area contributed by atoms with Gasteiger partial charge >= 0.3 is 0 Å². The van der Waals surface area contributed by atoms with Gasteiger partial charge in [0, 0.05) is 25.1 Å². The van der Waals surface area contributed by atoms with Crippen molar-refractivity contribution < 1.29 is 9.53 Å². The molecule has 3 nitrogen and oxygen atoms in total. The van der Waals surface area contributed by atoms with Gasteiger partial charge in [0.05, 0.1) is 11.7 Å². The van der Waals surface area contributed by atoms with Gasteiger partial charge in [0.2, 0.25) is 0 Å². The van der Waals surface area contributed by atoms with Gasteiger partial charge in [0.1, 0.15) is 4.34 Å². The average Bonchev–Trinajstić information content (AvgIpc) is 2.97. The van der Waals surface area contributed by atoms with Gasteiger partial charge in [-0.15, -0.1) is 11.3 Å². The van der Waals surface area contributed by atoms with Crippen molar-refractivity contribution in [2.75, 3.05) is 20.2 Å². The molecule has 1 aromatic heterocycles. The molecule has 5 heteroatoms. The van der Waals surface area contributed by atoms with Crippen LogP contribution in [0.15, 0.2) is 36.4 Å². The lowest BCUT2D eigenvalue weighted by atomic mass is 10.1. The molecule has 0 aliphatic carbocycles. The van der Waals surface area contributed by atoms with Crippen molar-refractivity contribution in [1.29, 1.82) is 0 Å². The Hall–Kier alpha value is -1.36. The molecule has 116 valence electrons. The molecule has 1 saturated heterocycles. The molecule has 1 aromatic carbocycles. The van der Waals surface area contributed by atoms with E-state index in [0.29, 0.717) is 16.4 Å². The van der Waals surface area contributed by atoms with Crippen LogP contribution in [-0.4, -0.2) is 37.1 Å². The molecule has 0 spiro atoms. The summed E-state index contributed by atoms with van der Waals surface area (Å²) in [5.74, 6) is 0.00480. The molecule has 1 unspecified atom stereocenters. The van der Waals surface area contributed by atoms with E-state index in [4.69, 9.17) is 16.3 Å². The summed E-state index contributed by atoms with van der Waals surface area (Å²) >= 11 is 7.77. The third-order valence-corrected chi connectivity index (χ3v) is 5.38. The number of nitrogens with zero attached hydrogens (tertiary/aromatic N) is 1. The van der Waals surface area contributed by atoms with Crippen LogP contribution in [0.3, 0.4) is 0 Å². The number of carbonyl (C=O) groups is 1. The molecule has 1 aliphatic heterocycles. The minimum absolute atomic E-state index is 0.00480. The predicted octanol–water partition coefficient (Wildman–Crippen LogP) is 4.32. The number of likely N-dealkylation sites (tertiary alicyclic amines) is 1. The normalized spacial score (nSPS) is 18.5. The Kier molecular flexibility index (Phi) is 4.81. The summed E-state index contributed by atoms with van der Waals surface area (Å²) in [6.45, 7) is 1.41. The fraction of sp³-hybridized carbons (Fsp3) is 0.353. The van der Waals surface area contributed by atoms with Crippen LogP contribution in [0.2, 0.25) is 4.34 Å². The summed E-state index contributed by atoms with van der Waals surface area (Å²) in [6, 6.07) is 11.9. The Morgan fingerprint density at radius 2 is 2.14 bits per heavy atom. The second-order valence-corrected chi connectivity index (χ2v) is 7.07. The highest BCUT2D eigenvalue weighted by Crippen LogP contribution is 2.35. The maximum atomic E-state index is 12.7. The van der Waals surface area contributed by atoms with E-state index >= 15 is 0 Å². The Balaban J connectivity index is 1.83. The van der Waals surface area contributed by atoms with Crippen molar-refractivity contribution in [3.8, 4) is 10.4 Å². The van der Waals surface area contributed by atoms with E-state index < -0.39 is 0 Å². The van der Waals surface area contributed by atoms with Crippen LogP contribution in [0, 0.1) is 0 Å². The molecule has 0 N–H and O–H groups in total. The zero-order valence-corrected chi connectivity index (χ0v) is 14.0. The lowest BCUT2D eigenvalue weighted by Gasteiger charge is -2.31. The average molecular weight is 336 g/mol. The second-order valence-electron chi connectivity index (χ2n) is 5.42. The molecule has 1 amide bonds. The van der Waals surface area contributed by atoms with E-state index in [-0.39, 0.29) is 12.0 Å². The van der Waals surface area contributed by atoms with Gasteiger partial charge in [-0.05, 0) is 24.5 Å². The number of carbonyl (C=O) groups excluding carboxylic acids is 1. The van der Waals surface area contributed by atoms with Gasteiger partial charge < -0.3 is 9.64 Å². The first-order valence-electron chi connectivity index (χ1n) is 7.36. The quantitative estimate of drug-likeness (QED) is 0.836. The van der Waals surface area contributed by atoms with Crippen molar-refractivity contribution in [2.24, 2.45) is 0 Å². The van der Waals surface area contributed by atoms with Gasteiger partial charge in [0.25, 0.3) is 5.91 Å². The van der Waals surface area contributed by atoms with E-state index in [9.17, 15) is 4.79 Å². The van der Waals surface area contributed by atoms with Crippen molar-refractivity contribution in [3.63, 3.8) is 0 Å². The third-order valence-electron chi connectivity index (χ3n) is 3.97. The number of thiophene rings is 1. The fourth-order valence-corrected chi connectivity index (χ4v) is 4.01. The minimum Gasteiger partial charge on any atom is -0.380 e. The standard InChI is InChI=1S/C17H18ClNO2S/c1-21-13-8-5-9-19(11-13)17(20)14-10-15(22-16(14)18)12-6-3-2-4-7-12/h2-4,6-7,10,13H,5,8-9,11H2,1H3. The summed E-state index contributed by atoms with van der Waals surface area (Å²) in [6.07, 6.45) is 2.11. The number of halogens is 1. The third kappa shape index (κ3) is 3.19. The van der Waals surface area contributed by atoms with Crippen LogP contribution < -0.4 is 0 Å². The number of benzene rings is 1. The topological polar surface area (TPSA) is 29.5 Å². The van der Waals surface area contributed by atoms with Crippen molar-refractivity contribution in [2.45, 2.75) is 18.9 Å². The molecular weight excluding hydrogens is 318 g/mol. The molecule has 2 aromatic rings. The van der Waals surface area contributed by atoms with Gasteiger partial charge in [-0.1, -0.05) is 41.9 Å². The summed E-state index contributed by atoms with van der Waals surface area (Å²) < 4.78 is 5.95. The van der Waals surface area contributed by atoms with Gasteiger partial charge in [0.15, 0.2) is 0 Å². The highest BCUT2D eigenvalue weighted by Gasteiger charge is 2.26. The minimum atomic E-state index is 0.00480. The molecule has 3 rings (SSSR count). The maximum absolute atomic E-state index is 12.7. The first kappa shape index (κ1) is 15.5. The largest absolute Gasteiger partial charge is 0.380 e. The van der Waals surface area contributed by atoms with Crippen LogP contribution >= 0.6 is 22.9 Å². The summed E-state index contributed by atoms with van der Waals surface area (Å²) in [5, 5.41) is 0. The monoisotopic (exact) mass is 335 g/mol. The van der Waals surface area contributed by atoms with Crippen LogP contribution in [0.4, 0.5) is 0 Å². The van der Waals surface area contributed by atoms with Gasteiger partial charge in [-0.3, -0.25) is 4.79 Å². The van der Waals surface area contributed by atoms with Crippen LogP contribution in [-0.2, 0) is 4.74 Å². The zero-order valence-electron chi connectivity index (χ0n) is 12.4. The van der Waals surface area contributed by atoms with Gasteiger partial charge in [-0.25, -0.2) is 0 Å². The van der Waals surface area contributed by atoms with Crippen molar-refractivity contribution in [1.82, 2.24) is 4.90 Å². The van der Waals surface area contributed by atoms with Crippen LogP contribution in [0.5, 0.6) is 0 Å². The van der Waals surface area contributed by atoms with E-state index in [2.05, 4.69) is 0 Å². The van der Waals surface area contributed by atoms with Crippen LogP contribution in [0.25, 0.3) is 10.4 Å². The summed E-state index contributed by atoms with van der Waals surface area (Å²) in [7, 11) is 1.70. The Morgan fingerprint density at radius 1 is 1.36 bits per heavy atom. The van der Waals surface area contributed by atoms with Crippen molar-refractivity contribution in [3.05, 3.63) is 46.3 Å². The SMILES string of the molecule is COC1CCCN(C(=O)c2cc(-c3ccccc3)sc2Cl)C1. The van der Waals surface area contributed by atoms with Crippen molar-refractivity contribution >= 4 is 28.8 Å². The number of amides is 1. The fourth-order valence-electron chi connectivity index (χ4n) is 2.74. The summed E-state index contributed by atoms with van der Waals surface area (Å²) in [5.41, 5.74) is 1.68. The van der Waals surface area contributed by atoms with Crippen LogP contribution in [0.1, 0.15) is 23.2 Å². The molecular formula is C17H18ClNO2S. The lowest BCUT2D eigenvalue weighted by Crippen LogP contribution is -2.42. The van der Waals surface area contributed by atoms with E-state index in [1.54, 1.807) is 7.11 Å². The number of ether oxygens (including phenoxy) is 1. The highest BCUT2D eigenvalue weighted by atomic mass is 35.5. The smallest absolute Gasteiger partial charge is 0.256 e. The molecule has 1 aliphatic rings. The first-order valence-corrected chi connectivity index (χ1v) is 8.55. The van der Waals surface area contributed by atoms with E-state index in [0.717, 1.165) is 29.8 Å². The maximum Gasteiger partial charge on any atom is 0.256 e. The zero-order chi connectivity index (χ0) is 15.5. The number of rotatable bonds is 3.